The lowest BCUT2D eigenvalue weighted by Crippen LogP contribution is -2.26. The van der Waals surface area contributed by atoms with E-state index in [2.05, 4.69) is 9.71 Å². The molecule has 26 heavy (non-hydrogen) atoms. The third-order valence-electron chi connectivity index (χ3n) is 4.08. The molecule has 1 heterocycles. The monoisotopic (exact) mass is 378 g/mol. The third kappa shape index (κ3) is 3.66. The van der Waals surface area contributed by atoms with E-state index in [4.69, 9.17) is 9.47 Å². The number of aromatic amines is 1. The molecule has 8 heteroatoms. The maximum absolute atomic E-state index is 13.4. The minimum absolute atomic E-state index is 0.00400. The molecule has 0 radical (unpaired) electrons. The second-order valence-corrected chi connectivity index (χ2v) is 7.40. The summed E-state index contributed by atoms with van der Waals surface area (Å²) in [5.74, 6) is 0.311. The molecule has 0 saturated carbocycles. The van der Waals surface area contributed by atoms with Gasteiger partial charge in [-0.05, 0) is 42.3 Å². The molecule has 2 N–H and O–H groups in total. The molecule has 0 aliphatic carbocycles. The van der Waals surface area contributed by atoms with E-state index in [0.717, 1.165) is 16.5 Å². The Morgan fingerprint density at radius 3 is 2.65 bits per heavy atom. The molecule has 0 atom stereocenters. The predicted octanol–water partition coefficient (Wildman–Crippen LogP) is 2.85. The van der Waals surface area contributed by atoms with Gasteiger partial charge in [-0.3, -0.25) is 0 Å². The minimum Gasteiger partial charge on any atom is -0.497 e. The van der Waals surface area contributed by atoms with Crippen molar-refractivity contribution in [3.63, 3.8) is 0 Å². The predicted molar refractivity (Wildman–Crippen MR) is 96.7 cm³/mol. The summed E-state index contributed by atoms with van der Waals surface area (Å²) in [6.45, 7) is 0.159. The van der Waals surface area contributed by atoms with Crippen molar-refractivity contribution >= 4 is 20.9 Å². The van der Waals surface area contributed by atoms with E-state index in [1.54, 1.807) is 18.3 Å². The van der Waals surface area contributed by atoms with Gasteiger partial charge >= 0.3 is 0 Å². The smallest absolute Gasteiger partial charge is 0.244 e. The number of rotatable bonds is 7. The van der Waals surface area contributed by atoms with Crippen LogP contribution in [-0.4, -0.2) is 34.2 Å². The first-order chi connectivity index (χ1) is 12.4. The van der Waals surface area contributed by atoms with Crippen molar-refractivity contribution in [1.29, 1.82) is 0 Å². The maximum atomic E-state index is 13.4. The zero-order valence-corrected chi connectivity index (χ0v) is 15.2. The molecule has 6 nitrogen and oxygen atoms in total. The van der Waals surface area contributed by atoms with Crippen molar-refractivity contribution in [2.45, 2.75) is 11.3 Å². The number of benzene rings is 2. The Kier molecular flexibility index (Phi) is 5.15. The largest absolute Gasteiger partial charge is 0.497 e. The molecule has 0 saturated heterocycles. The van der Waals surface area contributed by atoms with Crippen LogP contribution in [0.25, 0.3) is 10.9 Å². The Hall–Kier alpha value is -2.58. The van der Waals surface area contributed by atoms with Crippen LogP contribution in [0.3, 0.4) is 0 Å². The molecule has 0 aliphatic rings. The molecule has 0 spiro atoms. The van der Waals surface area contributed by atoms with Crippen LogP contribution in [0.5, 0.6) is 11.5 Å². The number of ether oxygens (including phenoxy) is 2. The first-order valence-corrected chi connectivity index (χ1v) is 9.40. The van der Waals surface area contributed by atoms with E-state index in [1.165, 1.54) is 38.5 Å². The number of nitrogens with one attached hydrogen (secondary N) is 2. The quantitative estimate of drug-likeness (QED) is 0.663. The van der Waals surface area contributed by atoms with Crippen LogP contribution in [0.2, 0.25) is 0 Å². The second-order valence-electron chi connectivity index (χ2n) is 5.67. The van der Waals surface area contributed by atoms with Gasteiger partial charge in [0.2, 0.25) is 10.0 Å². The topological polar surface area (TPSA) is 80.4 Å². The van der Waals surface area contributed by atoms with Crippen molar-refractivity contribution in [2.75, 3.05) is 20.8 Å². The van der Waals surface area contributed by atoms with Gasteiger partial charge in [-0.25, -0.2) is 17.5 Å². The Labute approximate surface area is 151 Å². The fraction of sp³-hybridized carbons (Fsp3) is 0.222. The number of hydrogen-bond acceptors (Lipinski definition) is 4. The molecule has 3 aromatic rings. The van der Waals surface area contributed by atoms with E-state index in [0.29, 0.717) is 12.2 Å². The van der Waals surface area contributed by atoms with Gasteiger partial charge in [-0.1, -0.05) is 0 Å². The highest BCUT2D eigenvalue weighted by Gasteiger charge is 2.20. The molecular weight excluding hydrogens is 359 g/mol. The van der Waals surface area contributed by atoms with Crippen molar-refractivity contribution < 1.29 is 22.3 Å². The van der Waals surface area contributed by atoms with Gasteiger partial charge < -0.3 is 14.5 Å². The first kappa shape index (κ1) is 18.2. The average Bonchev–Trinajstić information content (AvgIpc) is 3.03. The summed E-state index contributed by atoms with van der Waals surface area (Å²) in [7, 11) is -0.925. The Morgan fingerprint density at radius 1 is 1.12 bits per heavy atom. The Bertz CT molecular complexity index is 1030. The average molecular weight is 378 g/mol. The van der Waals surface area contributed by atoms with E-state index in [9.17, 15) is 12.8 Å². The van der Waals surface area contributed by atoms with E-state index >= 15 is 0 Å². The van der Waals surface area contributed by atoms with E-state index in [1.807, 2.05) is 0 Å². The highest BCUT2D eigenvalue weighted by atomic mass is 32.2. The number of aromatic nitrogens is 1. The van der Waals surface area contributed by atoms with Crippen molar-refractivity contribution in [3.05, 3.63) is 54.0 Å². The van der Waals surface area contributed by atoms with Crippen LogP contribution in [0.4, 0.5) is 4.39 Å². The van der Waals surface area contributed by atoms with Crippen molar-refractivity contribution in [2.24, 2.45) is 0 Å². The zero-order chi connectivity index (χ0) is 18.7. The highest BCUT2D eigenvalue weighted by molar-refractivity contribution is 7.89. The molecule has 0 bridgehead atoms. The molecule has 0 fully saturated rings. The second kappa shape index (κ2) is 7.35. The summed E-state index contributed by atoms with van der Waals surface area (Å²) >= 11 is 0. The van der Waals surface area contributed by atoms with Crippen LogP contribution < -0.4 is 14.2 Å². The lowest BCUT2D eigenvalue weighted by atomic mass is 10.1. The Morgan fingerprint density at radius 2 is 1.92 bits per heavy atom. The van der Waals surface area contributed by atoms with Gasteiger partial charge in [-0.2, -0.15) is 0 Å². The summed E-state index contributed by atoms with van der Waals surface area (Å²) in [4.78, 5) is 3.05. The normalized spacial score (nSPS) is 11.7. The first-order valence-electron chi connectivity index (χ1n) is 7.92. The number of fused-ring (bicyclic) bond motifs is 1. The summed E-state index contributed by atoms with van der Waals surface area (Å²) in [6, 6.07) is 9.02. The molecule has 1 aromatic heterocycles. The van der Waals surface area contributed by atoms with Crippen LogP contribution in [0.1, 0.15) is 5.56 Å². The highest BCUT2D eigenvalue weighted by Crippen LogP contribution is 2.28. The van der Waals surface area contributed by atoms with Gasteiger partial charge in [-0.15, -0.1) is 0 Å². The molecule has 0 aliphatic heterocycles. The number of halogens is 1. The molecule has 138 valence electrons. The fourth-order valence-electron chi connectivity index (χ4n) is 2.75. The zero-order valence-electron chi connectivity index (χ0n) is 14.4. The maximum Gasteiger partial charge on any atom is 0.244 e. The Balaban J connectivity index is 1.77. The van der Waals surface area contributed by atoms with Crippen LogP contribution in [0.15, 0.2) is 47.5 Å². The number of hydrogen-bond donors (Lipinski definition) is 2. The third-order valence-corrected chi connectivity index (χ3v) is 5.56. The summed E-state index contributed by atoms with van der Waals surface area (Å²) in [6.07, 6.45) is 2.17. The standard InChI is InChI=1S/C18H19FN2O4S/c1-24-14-4-6-17(25-2)18(10-14)26(22,23)21-8-7-12-11-20-16-5-3-13(19)9-15(12)16/h3-6,9-11,20-21H,7-8H2,1-2H3. The number of methoxy groups -OCH3 is 2. The van der Waals surface area contributed by atoms with Crippen LogP contribution >= 0.6 is 0 Å². The molecule has 0 unspecified atom stereocenters. The van der Waals surface area contributed by atoms with Crippen LogP contribution in [0, 0.1) is 5.82 Å². The molecule has 2 aromatic carbocycles. The van der Waals surface area contributed by atoms with Gasteiger partial charge in [0, 0.05) is 29.7 Å². The minimum atomic E-state index is -3.79. The summed E-state index contributed by atoms with van der Waals surface area (Å²) < 4.78 is 51.4. The van der Waals surface area contributed by atoms with Gasteiger partial charge in [0.1, 0.15) is 22.2 Å². The fourth-order valence-corrected chi connectivity index (χ4v) is 3.96. The summed E-state index contributed by atoms with van der Waals surface area (Å²) in [5.41, 5.74) is 1.64. The van der Waals surface area contributed by atoms with Crippen molar-refractivity contribution in [3.8, 4) is 11.5 Å². The van der Waals surface area contributed by atoms with E-state index < -0.39 is 10.0 Å². The number of H-pyrrole nitrogens is 1. The lowest BCUT2D eigenvalue weighted by molar-refractivity contribution is 0.392. The van der Waals surface area contributed by atoms with Gasteiger partial charge in [0.25, 0.3) is 0 Å². The molecule has 0 amide bonds. The lowest BCUT2D eigenvalue weighted by Gasteiger charge is -2.12. The molecular formula is C18H19FN2O4S. The van der Waals surface area contributed by atoms with E-state index in [-0.39, 0.29) is 23.0 Å². The summed E-state index contributed by atoms with van der Waals surface area (Å²) in [5, 5.41) is 0.739. The molecule has 3 rings (SSSR count). The van der Waals surface area contributed by atoms with Crippen LogP contribution in [-0.2, 0) is 16.4 Å². The SMILES string of the molecule is COc1ccc(OC)c(S(=O)(=O)NCCc2c[nH]c3ccc(F)cc23)c1. The van der Waals surface area contributed by atoms with Gasteiger partial charge in [0.15, 0.2) is 0 Å². The van der Waals surface area contributed by atoms with Gasteiger partial charge in [0.05, 0.1) is 14.2 Å². The van der Waals surface area contributed by atoms with Crippen molar-refractivity contribution in [1.82, 2.24) is 9.71 Å². The number of sulfonamides is 1.